The quantitative estimate of drug-likeness (QED) is 0.823. The molecule has 0 unspecified atom stereocenters. The average Bonchev–Trinajstić information content (AvgIpc) is 2.32. The van der Waals surface area contributed by atoms with Gasteiger partial charge in [-0.05, 0) is 36.3 Å². The lowest BCUT2D eigenvalue weighted by atomic mass is 10.1. The fraction of sp³-hybridized carbons (Fsp3) is 0.167. The van der Waals surface area contributed by atoms with Crippen LogP contribution in [-0.2, 0) is 6.42 Å². The Morgan fingerprint density at radius 2 is 1.83 bits per heavy atom. The van der Waals surface area contributed by atoms with Gasteiger partial charge in [0.05, 0.1) is 0 Å². The molecule has 0 amide bonds. The Labute approximate surface area is 126 Å². The zero-order chi connectivity index (χ0) is 13.1. The van der Waals surface area contributed by atoms with Crippen molar-refractivity contribution >= 4 is 46.4 Å². The number of nitrogens with one attached hydrogen (secondary N) is 1. The van der Waals surface area contributed by atoms with E-state index in [9.17, 15) is 0 Å². The summed E-state index contributed by atoms with van der Waals surface area (Å²) in [5, 5.41) is 4.16. The van der Waals surface area contributed by atoms with Gasteiger partial charge in [-0.3, -0.25) is 10.4 Å². The zero-order valence-corrected chi connectivity index (χ0v) is 12.3. The molecule has 1 aliphatic heterocycles. The third kappa shape index (κ3) is 3.48. The summed E-state index contributed by atoms with van der Waals surface area (Å²) < 4.78 is 0. The van der Waals surface area contributed by atoms with E-state index in [2.05, 4.69) is 5.43 Å². The van der Waals surface area contributed by atoms with E-state index in [1.807, 2.05) is 12.1 Å². The first-order valence-electron chi connectivity index (χ1n) is 5.27. The molecule has 2 nitrogen and oxygen atoms in total. The molecule has 0 bridgehead atoms. The SMILES string of the molecule is ClC1=CC=C(Cl)N(CCc2ccc(Cl)cc2Cl)N1. The van der Waals surface area contributed by atoms with Gasteiger partial charge in [0.2, 0.25) is 0 Å². The minimum Gasteiger partial charge on any atom is -0.287 e. The van der Waals surface area contributed by atoms with E-state index >= 15 is 0 Å². The molecule has 2 rings (SSSR count). The van der Waals surface area contributed by atoms with Gasteiger partial charge in [-0.2, -0.15) is 0 Å². The molecule has 96 valence electrons. The molecule has 1 aromatic carbocycles. The van der Waals surface area contributed by atoms with Crippen molar-refractivity contribution in [1.82, 2.24) is 10.4 Å². The van der Waals surface area contributed by atoms with Crippen molar-refractivity contribution in [2.24, 2.45) is 0 Å². The van der Waals surface area contributed by atoms with Gasteiger partial charge in [0.15, 0.2) is 0 Å². The number of allylic oxidation sites excluding steroid dienone is 2. The summed E-state index contributed by atoms with van der Waals surface area (Å²) in [6.45, 7) is 0.654. The fourth-order valence-corrected chi connectivity index (χ4v) is 2.43. The van der Waals surface area contributed by atoms with E-state index in [0.717, 1.165) is 12.0 Å². The van der Waals surface area contributed by atoms with Gasteiger partial charge in [-0.1, -0.05) is 52.5 Å². The molecule has 0 aromatic heterocycles. The van der Waals surface area contributed by atoms with Crippen LogP contribution in [0.5, 0.6) is 0 Å². The second-order valence-electron chi connectivity index (χ2n) is 3.75. The largest absolute Gasteiger partial charge is 0.287 e. The Balaban J connectivity index is 2.00. The molecule has 1 aliphatic rings. The first kappa shape index (κ1) is 13.9. The molecule has 0 fully saturated rings. The molecule has 0 radical (unpaired) electrons. The average molecular weight is 324 g/mol. The molecule has 0 saturated carbocycles. The molecule has 6 heteroatoms. The van der Waals surface area contributed by atoms with E-state index in [1.165, 1.54) is 0 Å². The van der Waals surface area contributed by atoms with E-state index < -0.39 is 0 Å². The standard InChI is InChI=1S/C12H10Cl4N2/c13-9-2-1-8(10(14)7-9)5-6-18-12(16)4-3-11(15)17-18/h1-4,7,17H,5-6H2. The Kier molecular flexibility index (Phi) is 4.68. The van der Waals surface area contributed by atoms with Crippen LogP contribution in [0.1, 0.15) is 5.56 Å². The maximum absolute atomic E-state index is 6.10. The van der Waals surface area contributed by atoms with Gasteiger partial charge in [0.25, 0.3) is 0 Å². The number of halogens is 4. The van der Waals surface area contributed by atoms with Gasteiger partial charge in [-0.15, -0.1) is 0 Å². The summed E-state index contributed by atoms with van der Waals surface area (Å²) in [4.78, 5) is 0. The molecule has 0 spiro atoms. The summed E-state index contributed by atoms with van der Waals surface area (Å²) in [6, 6.07) is 5.45. The third-order valence-corrected chi connectivity index (χ3v) is 3.61. The second kappa shape index (κ2) is 6.07. The van der Waals surface area contributed by atoms with Crippen molar-refractivity contribution in [3.8, 4) is 0 Å². The first-order chi connectivity index (χ1) is 8.56. The lowest BCUT2D eigenvalue weighted by Gasteiger charge is -2.27. The van der Waals surface area contributed by atoms with Crippen LogP contribution in [0.15, 0.2) is 40.7 Å². The van der Waals surface area contributed by atoms with Crippen LogP contribution in [0.4, 0.5) is 0 Å². The maximum Gasteiger partial charge on any atom is 0.123 e. The van der Waals surface area contributed by atoms with Crippen molar-refractivity contribution in [2.45, 2.75) is 6.42 Å². The van der Waals surface area contributed by atoms with Gasteiger partial charge in [0.1, 0.15) is 10.3 Å². The van der Waals surface area contributed by atoms with E-state index in [0.29, 0.717) is 26.9 Å². The Hall–Kier alpha value is -0.540. The van der Waals surface area contributed by atoms with E-state index in [1.54, 1.807) is 23.2 Å². The van der Waals surface area contributed by atoms with E-state index in [-0.39, 0.29) is 0 Å². The number of hydrazine groups is 1. The van der Waals surface area contributed by atoms with Gasteiger partial charge >= 0.3 is 0 Å². The minimum absolute atomic E-state index is 0.529. The van der Waals surface area contributed by atoms with Crippen molar-refractivity contribution in [3.63, 3.8) is 0 Å². The molecule has 1 N–H and O–H groups in total. The molecule has 0 atom stereocenters. The van der Waals surface area contributed by atoms with Crippen LogP contribution < -0.4 is 5.43 Å². The molecule has 0 saturated heterocycles. The second-order valence-corrected chi connectivity index (χ2v) is 5.39. The zero-order valence-electron chi connectivity index (χ0n) is 9.26. The number of hydrogen-bond donors (Lipinski definition) is 1. The lowest BCUT2D eigenvalue weighted by molar-refractivity contribution is 0.301. The van der Waals surface area contributed by atoms with Crippen molar-refractivity contribution in [2.75, 3.05) is 6.54 Å². The smallest absolute Gasteiger partial charge is 0.123 e. The topological polar surface area (TPSA) is 15.3 Å². The normalized spacial score (nSPS) is 15.0. The van der Waals surface area contributed by atoms with Gasteiger partial charge in [-0.25, -0.2) is 0 Å². The molecule has 1 aromatic rings. The monoisotopic (exact) mass is 322 g/mol. The van der Waals surface area contributed by atoms with Gasteiger partial charge in [0, 0.05) is 16.6 Å². The minimum atomic E-state index is 0.529. The van der Waals surface area contributed by atoms with Crippen LogP contribution in [0, 0.1) is 0 Å². The number of nitrogens with zero attached hydrogens (tertiary/aromatic N) is 1. The highest BCUT2D eigenvalue weighted by molar-refractivity contribution is 6.35. The van der Waals surface area contributed by atoms with Crippen molar-refractivity contribution in [3.05, 3.63) is 56.3 Å². The molecule has 18 heavy (non-hydrogen) atoms. The summed E-state index contributed by atoms with van der Waals surface area (Å²) in [6.07, 6.45) is 4.18. The summed E-state index contributed by atoms with van der Waals surface area (Å²) >= 11 is 23.9. The highest BCUT2D eigenvalue weighted by Crippen LogP contribution is 2.22. The Bertz CT molecular complexity index is 511. The summed E-state index contributed by atoms with van der Waals surface area (Å²) in [7, 11) is 0. The first-order valence-corrected chi connectivity index (χ1v) is 6.78. The molecular weight excluding hydrogens is 314 g/mol. The van der Waals surface area contributed by atoms with Crippen LogP contribution >= 0.6 is 46.4 Å². The van der Waals surface area contributed by atoms with Crippen molar-refractivity contribution in [1.29, 1.82) is 0 Å². The molecule has 1 heterocycles. The molecule has 0 aliphatic carbocycles. The van der Waals surface area contributed by atoms with Crippen LogP contribution in [-0.4, -0.2) is 11.6 Å². The Morgan fingerprint density at radius 1 is 1.06 bits per heavy atom. The molecular formula is C12H10Cl4N2. The van der Waals surface area contributed by atoms with Crippen LogP contribution in [0.3, 0.4) is 0 Å². The predicted molar refractivity (Wildman–Crippen MR) is 77.9 cm³/mol. The number of rotatable bonds is 3. The highest BCUT2D eigenvalue weighted by atomic mass is 35.5. The van der Waals surface area contributed by atoms with Gasteiger partial charge < -0.3 is 0 Å². The summed E-state index contributed by atoms with van der Waals surface area (Å²) in [5.74, 6) is 0. The number of benzene rings is 1. The maximum atomic E-state index is 6.10. The number of hydrogen-bond acceptors (Lipinski definition) is 2. The third-order valence-electron chi connectivity index (χ3n) is 2.49. The lowest BCUT2D eigenvalue weighted by Crippen LogP contribution is -2.37. The Morgan fingerprint density at radius 3 is 2.56 bits per heavy atom. The van der Waals surface area contributed by atoms with E-state index in [4.69, 9.17) is 46.4 Å². The van der Waals surface area contributed by atoms with Crippen molar-refractivity contribution < 1.29 is 0 Å². The highest BCUT2D eigenvalue weighted by Gasteiger charge is 2.12. The van der Waals surface area contributed by atoms with Crippen LogP contribution in [0.2, 0.25) is 10.0 Å². The fourth-order valence-electron chi connectivity index (χ4n) is 1.57. The predicted octanol–water partition coefficient (Wildman–Crippen LogP) is 4.52. The van der Waals surface area contributed by atoms with Crippen LogP contribution in [0.25, 0.3) is 0 Å². The summed E-state index contributed by atoms with van der Waals surface area (Å²) in [5.41, 5.74) is 3.97.